The topological polar surface area (TPSA) is 76.4 Å². The number of fused-ring (bicyclic) bond motifs is 1. The van der Waals surface area contributed by atoms with Crippen LogP contribution in [0.4, 0.5) is 5.82 Å². The van der Waals surface area contributed by atoms with Crippen LogP contribution in [-0.4, -0.2) is 70.1 Å². The van der Waals surface area contributed by atoms with Crippen LogP contribution >= 0.6 is 24.0 Å². The van der Waals surface area contributed by atoms with E-state index in [1.165, 1.54) is 16.2 Å². The van der Waals surface area contributed by atoms with Crippen molar-refractivity contribution in [1.29, 1.82) is 0 Å². The van der Waals surface area contributed by atoms with Crippen LogP contribution in [0.5, 0.6) is 0 Å². The molecule has 8 nitrogen and oxygen atoms in total. The van der Waals surface area contributed by atoms with Crippen LogP contribution in [0.2, 0.25) is 0 Å². The van der Waals surface area contributed by atoms with Crippen molar-refractivity contribution in [3.8, 4) is 0 Å². The van der Waals surface area contributed by atoms with Crippen molar-refractivity contribution in [1.82, 2.24) is 14.3 Å². The molecule has 0 aliphatic carbocycles. The van der Waals surface area contributed by atoms with E-state index in [-0.39, 0.29) is 17.6 Å². The molecule has 168 valence electrons. The summed E-state index contributed by atoms with van der Waals surface area (Å²) in [6, 6.07) is 3.77. The molecule has 3 saturated heterocycles. The van der Waals surface area contributed by atoms with Gasteiger partial charge >= 0.3 is 0 Å². The van der Waals surface area contributed by atoms with E-state index < -0.39 is 0 Å². The summed E-state index contributed by atoms with van der Waals surface area (Å²) in [7, 11) is 0. The highest BCUT2D eigenvalue weighted by molar-refractivity contribution is 8.26. The van der Waals surface area contributed by atoms with Crippen LogP contribution in [0.15, 0.2) is 28.0 Å². The molecule has 1 unspecified atom stereocenters. The minimum atomic E-state index is -0.204. The van der Waals surface area contributed by atoms with Crippen LogP contribution in [0.25, 0.3) is 11.7 Å². The summed E-state index contributed by atoms with van der Waals surface area (Å²) in [6.07, 6.45) is 5.36. The molecule has 1 atom stereocenters. The third-order valence-corrected chi connectivity index (χ3v) is 7.23. The number of carbonyl (C=O) groups is 1. The fourth-order valence-corrected chi connectivity index (χ4v) is 5.43. The number of pyridine rings is 1. The summed E-state index contributed by atoms with van der Waals surface area (Å²) in [5, 5.41) is 0. The molecule has 3 fully saturated rings. The summed E-state index contributed by atoms with van der Waals surface area (Å²) in [5.74, 6) is 0.392. The first kappa shape index (κ1) is 21.6. The lowest BCUT2D eigenvalue weighted by atomic mass is 10.2. The first-order valence-corrected chi connectivity index (χ1v) is 12.0. The molecule has 0 bridgehead atoms. The molecule has 5 rings (SSSR count). The second kappa shape index (κ2) is 8.93. The number of morpholine rings is 1. The fraction of sp³-hybridized carbons (Fsp3) is 0.455. The second-order valence-electron chi connectivity index (χ2n) is 8.12. The first-order chi connectivity index (χ1) is 15.5. The number of aromatic nitrogens is 2. The molecule has 0 radical (unpaired) electrons. The lowest BCUT2D eigenvalue weighted by Gasteiger charge is -2.29. The van der Waals surface area contributed by atoms with E-state index in [9.17, 15) is 9.59 Å². The van der Waals surface area contributed by atoms with Crippen LogP contribution in [0.1, 0.15) is 24.0 Å². The van der Waals surface area contributed by atoms with Crippen molar-refractivity contribution in [2.24, 2.45) is 0 Å². The number of amides is 1. The number of carbonyl (C=O) groups excluding carboxylic acids is 1. The summed E-state index contributed by atoms with van der Waals surface area (Å²) in [4.78, 5) is 35.5. The molecule has 10 heteroatoms. The number of anilines is 1. The second-order valence-corrected chi connectivity index (χ2v) is 9.79. The summed E-state index contributed by atoms with van der Waals surface area (Å²) in [6.45, 7) is 5.50. The standard InChI is InChI=1S/C22H24N4O4S2/c1-14-4-5-18-23-19(24-6-9-29-10-7-24)16(20(27)25(18)12-14)11-17-21(28)26(22(31)32-17)13-15-3-2-8-30-15/h4-5,11-12,15H,2-3,6-10,13H2,1H3/b17-11-. The van der Waals surface area contributed by atoms with E-state index in [0.29, 0.717) is 59.1 Å². The van der Waals surface area contributed by atoms with Gasteiger partial charge in [-0.1, -0.05) is 30.0 Å². The molecular formula is C22H24N4O4S2. The zero-order chi connectivity index (χ0) is 22.2. The molecule has 5 heterocycles. The molecule has 0 spiro atoms. The Hall–Kier alpha value is -2.27. The molecule has 2 aromatic rings. The quantitative estimate of drug-likeness (QED) is 0.495. The average Bonchev–Trinajstić information content (AvgIpc) is 3.40. The number of hydrogen-bond donors (Lipinski definition) is 0. The molecule has 1 amide bonds. The number of rotatable bonds is 4. The summed E-state index contributed by atoms with van der Waals surface area (Å²) >= 11 is 6.70. The van der Waals surface area contributed by atoms with Gasteiger partial charge in [-0.3, -0.25) is 18.9 Å². The third-order valence-electron chi connectivity index (χ3n) is 5.86. The molecule has 3 aliphatic heterocycles. The number of thioether (sulfide) groups is 1. The Bertz CT molecular complexity index is 1170. The minimum absolute atomic E-state index is 0.0108. The first-order valence-electron chi connectivity index (χ1n) is 10.7. The van der Waals surface area contributed by atoms with Crippen molar-refractivity contribution < 1.29 is 14.3 Å². The van der Waals surface area contributed by atoms with Crippen molar-refractivity contribution in [2.75, 3.05) is 44.4 Å². The van der Waals surface area contributed by atoms with E-state index in [0.717, 1.165) is 25.0 Å². The van der Waals surface area contributed by atoms with E-state index in [2.05, 4.69) is 0 Å². The van der Waals surface area contributed by atoms with Crippen LogP contribution < -0.4 is 10.5 Å². The predicted molar refractivity (Wildman–Crippen MR) is 128 cm³/mol. The third kappa shape index (κ3) is 4.07. The number of nitrogens with zero attached hydrogens (tertiary/aromatic N) is 4. The van der Waals surface area contributed by atoms with Crippen molar-refractivity contribution in [3.05, 3.63) is 44.7 Å². The number of aryl methyl sites for hydroxylation is 1. The van der Waals surface area contributed by atoms with Gasteiger partial charge in [-0.15, -0.1) is 0 Å². The van der Waals surface area contributed by atoms with Crippen molar-refractivity contribution in [3.63, 3.8) is 0 Å². The van der Waals surface area contributed by atoms with Gasteiger partial charge in [0.15, 0.2) is 0 Å². The van der Waals surface area contributed by atoms with Gasteiger partial charge in [-0.2, -0.15) is 0 Å². The Kier molecular flexibility index (Phi) is 6.02. The molecule has 0 saturated carbocycles. The fourth-order valence-electron chi connectivity index (χ4n) is 4.17. The Morgan fingerprint density at radius 1 is 1.25 bits per heavy atom. The minimum Gasteiger partial charge on any atom is -0.378 e. The predicted octanol–water partition coefficient (Wildman–Crippen LogP) is 2.22. The van der Waals surface area contributed by atoms with Crippen LogP contribution in [0.3, 0.4) is 0 Å². The molecule has 2 aromatic heterocycles. The summed E-state index contributed by atoms with van der Waals surface area (Å²) < 4.78 is 13.2. The smallest absolute Gasteiger partial charge is 0.267 e. The van der Waals surface area contributed by atoms with E-state index in [4.69, 9.17) is 26.7 Å². The SMILES string of the molecule is Cc1ccc2nc(N3CCOCC3)c(/C=C3\SC(=S)N(CC4CCCO4)C3=O)c(=O)n2c1. The largest absolute Gasteiger partial charge is 0.378 e. The van der Waals surface area contributed by atoms with Crippen LogP contribution in [-0.2, 0) is 14.3 Å². The molecular weight excluding hydrogens is 448 g/mol. The lowest BCUT2D eigenvalue weighted by molar-refractivity contribution is -0.123. The Labute approximate surface area is 195 Å². The number of ether oxygens (including phenoxy) is 2. The van der Waals surface area contributed by atoms with E-state index in [1.807, 2.05) is 24.0 Å². The average molecular weight is 473 g/mol. The van der Waals surface area contributed by atoms with Gasteiger partial charge in [0.25, 0.3) is 11.5 Å². The van der Waals surface area contributed by atoms with E-state index >= 15 is 0 Å². The highest BCUT2D eigenvalue weighted by Gasteiger charge is 2.35. The maximum atomic E-state index is 13.5. The number of thiocarbonyl (C=S) groups is 1. The Morgan fingerprint density at radius 2 is 2.06 bits per heavy atom. The zero-order valence-electron chi connectivity index (χ0n) is 17.8. The Balaban J connectivity index is 1.57. The van der Waals surface area contributed by atoms with E-state index in [1.54, 1.807) is 17.2 Å². The summed E-state index contributed by atoms with van der Waals surface area (Å²) in [5.41, 5.74) is 1.72. The van der Waals surface area contributed by atoms with Crippen molar-refractivity contribution in [2.45, 2.75) is 25.9 Å². The van der Waals surface area contributed by atoms with Gasteiger partial charge in [0.2, 0.25) is 0 Å². The maximum Gasteiger partial charge on any atom is 0.267 e. The molecule has 32 heavy (non-hydrogen) atoms. The van der Waals surface area contributed by atoms with Gasteiger partial charge in [0, 0.05) is 25.9 Å². The Morgan fingerprint density at radius 3 is 2.81 bits per heavy atom. The molecule has 0 N–H and O–H groups in total. The van der Waals surface area contributed by atoms with Crippen LogP contribution in [0, 0.1) is 6.92 Å². The van der Waals surface area contributed by atoms with Crippen molar-refractivity contribution >= 4 is 51.7 Å². The van der Waals surface area contributed by atoms with Gasteiger partial charge in [-0.05, 0) is 37.5 Å². The molecule has 0 aromatic carbocycles. The van der Waals surface area contributed by atoms with Gasteiger partial charge < -0.3 is 14.4 Å². The lowest BCUT2D eigenvalue weighted by Crippen LogP contribution is -2.38. The zero-order valence-corrected chi connectivity index (χ0v) is 19.4. The highest BCUT2D eigenvalue weighted by Crippen LogP contribution is 2.34. The van der Waals surface area contributed by atoms with Gasteiger partial charge in [0.1, 0.15) is 15.8 Å². The monoisotopic (exact) mass is 472 g/mol. The van der Waals surface area contributed by atoms with Gasteiger partial charge in [-0.25, -0.2) is 4.98 Å². The maximum absolute atomic E-state index is 13.5. The number of hydrogen-bond acceptors (Lipinski definition) is 8. The normalized spacial score (nSPS) is 23.2. The highest BCUT2D eigenvalue weighted by atomic mass is 32.2. The van der Waals surface area contributed by atoms with Gasteiger partial charge in [0.05, 0.1) is 36.3 Å². The molecule has 3 aliphatic rings.